The molecule has 2 aromatic rings. The number of rotatable bonds is 4. The Morgan fingerprint density at radius 2 is 1.64 bits per heavy atom. The van der Waals surface area contributed by atoms with E-state index in [4.69, 9.17) is 10.5 Å². The number of nitrogens with two attached hydrogens (primary N) is 1. The Morgan fingerprint density at radius 1 is 0.964 bits per heavy atom. The highest BCUT2D eigenvalue weighted by molar-refractivity contribution is 6.06. The highest BCUT2D eigenvalue weighted by Gasteiger charge is 2.34. The molecule has 9 heteroatoms. The SMILES string of the molecule is NCC1CN(c2ccc(N3CCN(c4ccc(F)cc4)C3=O)c(F)c2)C(=O)O1. The molecule has 2 aliphatic rings. The Balaban J connectivity index is 1.54. The molecule has 2 aromatic carbocycles. The van der Waals surface area contributed by atoms with Crippen LogP contribution in [-0.2, 0) is 4.74 Å². The fourth-order valence-corrected chi connectivity index (χ4v) is 3.36. The summed E-state index contributed by atoms with van der Waals surface area (Å²) < 4.78 is 32.9. The van der Waals surface area contributed by atoms with Gasteiger partial charge < -0.3 is 10.5 Å². The minimum Gasteiger partial charge on any atom is -0.443 e. The predicted molar refractivity (Wildman–Crippen MR) is 99.6 cm³/mol. The molecule has 0 saturated carbocycles. The van der Waals surface area contributed by atoms with Crippen molar-refractivity contribution in [3.8, 4) is 0 Å². The van der Waals surface area contributed by atoms with Crippen LogP contribution in [-0.4, -0.2) is 44.4 Å². The monoisotopic (exact) mass is 388 g/mol. The van der Waals surface area contributed by atoms with Gasteiger partial charge in [-0.2, -0.15) is 0 Å². The maximum atomic E-state index is 14.8. The van der Waals surface area contributed by atoms with Gasteiger partial charge in [-0.3, -0.25) is 14.7 Å². The van der Waals surface area contributed by atoms with Gasteiger partial charge in [0.1, 0.15) is 17.7 Å². The summed E-state index contributed by atoms with van der Waals surface area (Å²) in [6.45, 7) is 1.06. The van der Waals surface area contributed by atoms with Gasteiger partial charge in [-0.1, -0.05) is 0 Å². The van der Waals surface area contributed by atoms with Gasteiger partial charge in [0.25, 0.3) is 0 Å². The van der Waals surface area contributed by atoms with E-state index in [2.05, 4.69) is 0 Å². The first-order valence-electron chi connectivity index (χ1n) is 8.80. The van der Waals surface area contributed by atoms with E-state index in [1.165, 1.54) is 51.1 Å². The number of carbonyl (C=O) groups is 2. The van der Waals surface area contributed by atoms with Crippen LogP contribution in [0.15, 0.2) is 42.5 Å². The first-order chi connectivity index (χ1) is 13.5. The number of benzene rings is 2. The predicted octanol–water partition coefficient (Wildman–Crippen LogP) is 2.70. The number of urea groups is 1. The molecule has 2 fully saturated rings. The zero-order chi connectivity index (χ0) is 19.8. The lowest BCUT2D eigenvalue weighted by atomic mass is 10.2. The van der Waals surface area contributed by atoms with Crippen LogP contribution in [0.4, 0.5) is 35.4 Å². The molecule has 4 rings (SSSR count). The van der Waals surface area contributed by atoms with Crippen LogP contribution in [0.1, 0.15) is 0 Å². The van der Waals surface area contributed by atoms with Crippen molar-refractivity contribution in [2.24, 2.45) is 5.73 Å². The third kappa shape index (κ3) is 3.13. The molecule has 2 N–H and O–H groups in total. The average molecular weight is 388 g/mol. The van der Waals surface area contributed by atoms with Crippen molar-refractivity contribution in [1.82, 2.24) is 0 Å². The van der Waals surface area contributed by atoms with E-state index in [-0.39, 0.29) is 25.3 Å². The summed E-state index contributed by atoms with van der Waals surface area (Å²) in [5, 5.41) is 0. The van der Waals surface area contributed by atoms with Crippen molar-refractivity contribution in [3.05, 3.63) is 54.1 Å². The summed E-state index contributed by atoms with van der Waals surface area (Å²) in [4.78, 5) is 28.7. The number of halogens is 2. The van der Waals surface area contributed by atoms with Crippen LogP contribution in [0.5, 0.6) is 0 Å². The minimum absolute atomic E-state index is 0.112. The van der Waals surface area contributed by atoms with Crippen molar-refractivity contribution in [3.63, 3.8) is 0 Å². The quantitative estimate of drug-likeness (QED) is 0.874. The second-order valence-corrected chi connectivity index (χ2v) is 6.55. The molecule has 1 unspecified atom stereocenters. The van der Waals surface area contributed by atoms with Crippen LogP contribution in [0.3, 0.4) is 0 Å². The number of hydrogen-bond donors (Lipinski definition) is 1. The molecular formula is C19H18F2N4O3. The molecule has 0 aromatic heterocycles. The van der Waals surface area contributed by atoms with E-state index in [1.807, 2.05) is 0 Å². The first kappa shape index (κ1) is 18.2. The van der Waals surface area contributed by atoms with Crippen molar-refractivity contribution in [2.45, 2.75) is 6.10 Å². The van der Waals surface area contributed by atoms with Gasteiger partial charge in [-0.15, -0.1) is 0 Å². The van der Waals surface area contributed by atoms with Gasteiger partial charge in [0.05, 0.1) is 17.9 Å². The van der Waals surface area contributed by atoms with Crippen LogP contribution < -0.4 is 20.4 Å². The molecule has 28 heavy (non-hydrogen) atoms. The number of amides is 3. The zero-order valence-corrected chi connectivity index (χ0v) is 14.8. The van der Waals surface area contributed by atoms with E-state index < -0.39 is 29.9 Å². The third-order valence-corrected chi connectivity index (χ3v) is 4.82. The second-order valence-electron chi connectivity index (χ2n) is 6.55. The molecule has 0 spiro atoms. The molecule has 2 saturated heterocycles. The van der Waals surface area contributed by atoms with Gasteiger partial charge in [0, 0.05) is 25.3 Å². The van der Waals surface area contributed by atoms with Gasteiger partial charge in [0.2, 0.25) is 0 Å². The smallest absolute Gasteiger partial charge is 0.414 e. The maximum Gasteiger partial charge on any atom is 0.414 e. The molecule has 0 aliphatic carbocycles. The lowest BCUT2D eigenvalue weighted by molar-refractivity contribution is 0.145. The van der Waals surface area contributed by atoms with Gasteiger partial charge >= 0.3 is 12.1 Å². The summed E-state index contributed by atoms with van der Waals surface area (Å²) in [5.41, 5.74) is 6.50. The van der Waals surface area contributed by atoms with Crippen molar-refractivity contribution >= 4 is 29.2 Å². The van der Waals surface area contributed by atoms with E-state index in [1.54, 1.807) is 6.07 Å². The Bertz CT molecular complexity index is 922. The molecule has 2 aliphatic heterocycles. The maximum absolute atomic E-state index is 14.8. The number of nitrogens with zero attached hydrogens (tertiary/aromatic N) is 3. The highest BCUT2D eigenvalue weighted by atomic mass is 19.1. The Morgan fingerprint density at radius 3 is 2.29 bits per heavy atom. The fraction of sp³-hybridized carbons (Fsp3) is 0.263. The van der Waals surface area contributed by atoms with Gasteiger partial charge in [-0.25, -0.2) is 18.4 Å². The topological polar surface area (TPSA) is 79.1 Å². The van der Waals surface area contributed by atoms with Crippen molar-refractivity contribution in [2.75, 3.05) is 40.9 Å². The summed E-state index contributed by atoms with van der Waals surface area (Å²) in [6, 6.07) is 9.36. The van der Waals surface area contributed by atoms with Crippen LogP contribution in [0.2, 0.25) is 0 Å². The molecule has 0 radical (unpaired) electrons. The standard InChI is InChI=1S/C19H18F2N4O3/c20-12-1-3-13(4-2-12)23-7-8-24(18(23)26)17-6-5-14(9-16(17)21)25-11-15(10-22)28-19(25)27/h1-6,9,15H,7-8,10-11,22H2. The molecule has 0 bridgehead atoms. The number of hydrogen-bond acceptors (Lipinski definition) is 4. The summed E-state index contributed by atoms with van der Waals surface area (Å²) in [5.74, 6) is -1.03. The lowest BCUT2D eigenvalue weighted by Gasteiger charge is -2.20. The van der Waals surface area contributed by atoms with Gasteiger partial charge in [0.15, 0.2) is 0 Å². The van der Waals surface area contributed by atoms with E-state index in [0.29, 0.717) is 17.9 Å². The van der Waals surface area contributed by atoms with Crippen LogP contribution in [0, 0.1) is 11.6 Å². The first-order valence-corrected chi connectivity index (χ1v) is 8.80. The van der Waals surface area contributed by atoms with Gasteiger partial charge in [-0.05, 0) is 42.5 Å². The molecule has 146 valence electrons. The summed E-state index contributed by atoms with van der Waals surface area (Å²) in [6.07, 6.45) is -1.01. The van der Waals surface area contributed by atoms with Crippen LogP contribution in [0.25, 0.3) is 0 Å². The molecule has 1 atom stereocenters. The number of ether oxygens (including phenoxy) is 1. The Kier molecular flexibility index (Phi) is 4.60. The number of anilines is 3. The Hall–Kier alpha value is -3.20. The Labute approximate surface area is 159 Å². The highest BCUT2D eigenvalue weighted by Crippen LogP contribution is 2.31. The van der Waals surface area contributed by atoms with E-state index in [9.17, 15) is 18.4 Å². The molecule has 7 nitrogen and oxygen atoms in total. The molecular weight excluding hydrogens is 370 g/mol. The largest absolute Gasteiger partial charge is 0.443 e. The molecule has 2 heterocycles. The van der Waals surface area contributed by atoms with Crippen LogP contribution >= 0.6 is 0 Å². The third-order valence-electron chi connectivity index (χ3n) is 4.82. The minimum atomic E-state index is -0.629. The van der Waals surface area contributed by atoms with E-state index >= 15 is 0 Å². The van der Waals surface area contributed by atoms with Crippen molar-refractivity contribution in [1.29, 1.82) is 0 Å². The number of cyclic esters (lactones) is 1. The van der Waals surface area contributed by atoms with Crippen molar-refractivity contribution < 1.29 is 23.1 Å². The second kappa shape index (κ2) is 7.08. The lowest BCUT2D eigenvalue weighted by Crippen LogP contribution is -2.32. The normalized spacial score (nSPS) is 19.5. The number of carbonyl (C=O) groups excluding carboxylic acids is 2. The molecule has 3 amide bonds. The zero-order valence-electron chi connectivity index (χ0n) is 14.8. The summed E-state index contributed by atoms with van der Waals surface area (Å²) in [7, 11) is 0. The van der Waals surface area contributed by atoms with E-state index in [0.717, 1.165) is 0 Å². The average Bonchev–Trinajstić information content (AvgIpc) is 3.25. The summed E-state index contributed by atoms with van der Waals surface area (Å²) >= 11 is 0. The fourth-order valence-electron chi connectivity index (χ4n) is 3.36.